The molecule has 0 spiro atoms. The number of nitrogens with zero attached hydrogens (tertiary/aromatic N) is 1. The fraction of sp³-hybridized carbons (Fsp3) is 0.308. The van der Waals surface area contributed by atoms with Gasteiger partial charge in [-0.15, -0.1) is 11.3 Å². The van der Waals surface area contributed by atoms with E-state index in [0.29, 0.717) is 23.4 Å². The number of halogens is 1. The average molecular weight is 329 g/mol. The van der Waals surface area contributed by atoms with Crippen molar-refractivity contribution in [3.8, 4) is 11.3 Å². The summed E-state index contributed by atoms with van der Waals surface area (Å²) in [6.45, 7) is 1.92. The zero-order valence-corrected chi connectivity index (χ0v) is 13.1. The summed E-state index contributed by atoms with van der Waals surface area (Å²) in [5.41, 5.74) is 6.49. The minimum absolute atomic E-state index is 0.0502. The molecule has 0 radical (unpaired) electrons. The molecule has 1 aromatic carbocycles. The van der Waals surface area contributed by atoms with Crippen LogP contribution in [0.2, 0.25) is 0 Å². The van der Waals surface area contributed by atoms with Crippen LogP contribution >= 0.6 is 11.3 Å². The molecule has 2 rings (SSSR count). The maximum atomic E-state index is 13.8. The average Bonchev–Trinajstić information content (AvgIpc) is 2.84. The number of aromatic nitrogens is 1. The minimum Gasteiger partial charge on any atom is -0.399 e. The molecule has 0 saturated carbocycles. The van der Waals surface area contributed by atoms with Crippen molar-refractivity contribution in [2.45, 2.75) is 19.8 Å². The largest absolute Gasteiger partial charge is 0.399 e. The molecule has 0 fully saturated rings. The highest BCUT2D eigenvalue weighted by molar-refractivity contribution is 7.92. The van der Waals surface area contributed by atoms with Crippen LogP contribution in [0, 0.1) is 5.82 Å². The number of hydrogen-bond acceptors (Lipinski definition) is 5. The van der Waals surface area contributed by atoms with Gasteiger partial charge in [-0.25, -0.2) is 17.8 Å². The fourth-order valence-electron chi connectivity index (χ4n) is 1.70. The zero-order chi connectivity index (χ0) is 15.5. The van der Waals surface area contributed by atoms with E-state index in [1.807, 2.05) is 6.92 Å². The molecular formula is C13H16FN3O2S2. The number of rotatable bonds is 6. The van der Waals surface area contributed by atoms with Gasteiger partial charge in [0.05, 0.1) is 11.4 Å². The summed E-state index contributed by atoms with van der Waals surface area (Å²) in [5, 5.41) is 1.84. The summed E-state index contributed by atoms with van der Waals surface area (Å²) >= 11 is 1.12. The number of benzene rings is 1. The highest BCUT2D eigenvalue weighted by Gasteiger charge is 2.14. The lowest BCUT2D eigenvalue weighted by Gasteiger charge is -2.03. The molecule has 3 N–H and O–H groups in total. The molecule has 0 amide bonds. The Morgan fingerprint density at radius 2 is 2.19 bits per heavy atom. The Balaban J connectivity index is 2.18. The van der Waals surface area contributed by atoms with Crippen molar-refractivity contribution >= 4 is 32.2 Å². The van der Waals surface area contributed by atoms with Gasteiger partial charge in [-0.3, -0.25) is 4.72 Å². The van der Waals surface area contributed by atoms with Crippen molar-refractivity contribution < 1.29 is 12.8 Å². The summed E-state index contributed by atoms with van der Waals surface area (Å²) < 4.78 is 39.8. The van der Waals surface area contributed by atoms with Crippen molar-refractivity contribution in [2.75, 3.05) is 16.2 Å². The quantitative estimate of drug-likeness (QED) is 0.798. The van der Waals surface area contributed by atoms with Gasteiger partial charge in [0.1, 0.15) is 5.82 Å². The van der Waals surface area contributed by atoms with Gasteiger partial charge in [0.25, 0.3) is 0 Å². The Morgan fingerprint density at radius 1 is 1.43 bits per heavy atom. The van der Waals surface area contributed by atoms with Gasteiger partial charge in [0.2, 0.25) is 10.0 Å². The van der Waals surface area contributed by atoms with E-state index < -0.39 is 15.8 Å². The topological polar surface area (TPSA) is 85.1 Å². The lowest BCUT2D eigenvalue weighted by atomic mass is 10.1. The molecule has 0 aliphatic carbocycles. The van der Waals surface area contributed by atoms with Crippen LogP contribution < -0.4 is 10.5 Å². The van der Waals surface area contributed by atoms with Crippen LogP contribution in [0.5, 0.6) is 0 Å². The molecule has 8 heteroatoms. The molecule has 5 nitrogen and oxygen atoms in total. The lowest BCUT2D eigenvalue weighted by molar-refractivity contribution is 0.598. The molecule has 0 bridgehead atoms. The van der Waals surface area contributed by atoms with Gasteiger partial charge in [-0.1, -0.05) is 13.3 Å². The van der Waals surface area contributed by atoms with Crippen LogP contribution in [0.25, 0.3) is 11.3 Å². The third kappa shape index (κ3) is 4.15. The van der Waals surface area contributed by atoms with Crippen molar-refractivity contribution in [3.63, 3.8) is 0 Å². The molecule has 0 atom stereocenters. The maximum Gasteiger partial charge on any atom is 0.234 e. The van der Waals surface area contributed by atoms with E-state index in [2.05, 4.69) is 9.71 Å². The molecule has 0 saturated heterocycles. The number of nitrogens with one attached hydrogen (secondary N) is 1. The molecule has 2 aromatic rings. The molecule has 0 unspecified atom stereocenters. The predicted molar refractivity (Wildman–Crippen MR) is 84.2 cm³/mol. The molecule has 114 valence electrons. The van der Waals surface area contributed by atoms with Crippen molar-refractivity contribution in [1.29, 1.82) is 0 Å². The second-order valence-corrected chi connectivity index (χ2v) is 7.25. The zero-order valence-electron chi connectivity index (χ0n) is 11.5. The molecule has 21 heavy (non-hydrogen) atoms. The summed E-state index contributed by atoms with van der Waals surface area (Å²) in [6, 6.07) is 4.30. The van der Waals surface area contributed by atoms with Gasteiger partial charge < -0.3 is 5.73 Å². The Kier molecular flexibility index (Phi) is 4.79. The first kappa shape index (κ1) is 15.7. The van der Waals surface area contributed by atoms with E-state index in [1.54, 1.807) is 11.4 Å². The van der Waals surface area contributed by atoms with Gasteiger partial charge in [-0.2, -0.15) is 0 Å². The molecule has 1 heterocycles. The number of nitrogens with two attached hydrogens (primary N) is 1. The number of anilines is 2. The Labute approximate surface area is 127 Å². The third-order valence-electron chi connectivity index (χ3n) is 2.78. The van der Waals surface area contributed by atoms with E-state index in [9.17, 15) is 12.8 Å². The summed E-state index contributed by atoms with van der Waals surface area (Å²) in [7, 11) is -3.40. The first-order valence-electron chi connectivity index (χ1n) is 6.42. The number of hydrogen-bond donors (Lipinski definition) is 2. The normalized spacial score (nSPS) is 11.5. The SMILES string of the molecule is CCCCS(=O)(=O)Nc1nc(-c2ccc(N)cc2F)cs1. The summed E-state index contributed by atoms with van der Waals surface area (Å²) in [4.78, 5) is 4.11. The van der Waals surface area contributed by atoms with Crippen molar-refractivity contribution in [3.05, 3.63) is 29.4 Å². The minimum atomic E-state index is -3.40. The molecule has 0 aliphatic rings. The fourth-order valence-corrected chi connectivity index (χ4v) is 3.91. The summed E-state index contributed by atoms with van der Waals surface area (Å²) in [5.74, 6) is -0.435. The first-order valence-corrected chi connectivity index (χ1v) is 8.96. The van der Waals surface area contributed by atoms with Gasteiger partial charge in [0.15, 0.2) is 5.13 Å². The maximum absolute atomic E-state index is 13.8. The Bertz CT molecular complexity index is 729. The van der Waals surface area contributed by atoms with Crippen LogP contribution in [0.15, 0.2) is 23.6 Å². The number of sulfonamides is 1. The number of unbranched alkanes of at least 4 members (excludes halogenated alkanes) is 1. The van der Waals surface area contributed by atoms with E-state index >= 15 is 0 Å². The predicted octanol–water partition coefficient (Wildman–Crippen LogP) is 3.07. The van der Waals surface area contributed by atoms with Crippen LogP contribution in [0.4, 0.5) is 15.2 Å². The second-order valence-electron chi connectivity index (χ2n) is 4.55. The second kappa shape index (κ2) is 6.40. The third-order valence-corrected chi connectivity index (χ3v) is 5.00. The standard InChI is InChI=1S/C13H16FN3O2S2/c1-2-3-6-21(18,19)17-13-16-12(8-20-13)10-5-4-9(15)7-11(10)14/h4-5,7-8H,2-3,6,15H2,1H3,(H,16,17). The number of nitrogen functional groups attached to an aromatic ring is 1. The highest BCUT2D eigenvalue weighted by atomic mass is 32.2. The van der Waals surface area contributed by atoms with E-state index in [4.69, 9.17) is 5.73 Å². The van der Waals surface area contributed by atoms with E-state index in [1.165, 1.54) is 12.1 Å². The van der Waals surface area contributed by atoms with Gasteiger partial charge in [0, 0.05) is 16.6 Å². The smallest absolute Gasteiger partial charge is 0.234 e. The molecule has 0 aliphatic heterocycles. The number of thiazole rings is 1. The van der Waals surface area contributed by atoms with E-state index in [-0.39, 0.29) is 10.9 Å². The summed E-state index contributed by atoms with van der Waals surface area (Å²) in [6.07, 6.45) is 1.38. The van der Waals surface area contributed by atoms with E-state index in [0.717, 1.165) is 17.8 Å². The highest BCUT2D eigenvalue weighted by Crippen LogP contribution is 2.28. The lowest BCUT2D eigenvalue weighted by Crippen LogP contribution is -2.16. The van der Waals surface area contributed by atoms with Gasteiger partial charge >= 0.3 is 0 Å². The molecule has 1 aromatic heterocycles. The van der Waals surface area contributed by atoms with Crippen LogP contribution in [-0.2, 0) is 10.0 Å². The van der Waals surface area contributed by atoms with Crippen molar-refractivity contribution in [1.82, 2.24) is 4.98 Å². The first-order chi connectivity index (χ1) is 9.91. The monoisotopic (exact) mass is 329 g/mol. The Morgan fingerprint density at radius 3 is 2.86 bits per heavy atom. The molecular weight excluding hydrogens is 313 g/mol. The van der Waals surface area contributed by atoms with Crippen LogP contribution in [0.1, 0.15) is 19.8 Å². The van der Waals surface area contributed by atoms with Crippen molar-refractivity contribution in [2.24, 2.45) is 0 Å². The Hall–Kier alpha value is -1.67. The van der Waals surface area contributed by atoms with Crippen LogP contribution in [-0.4, -0.2) is 19.2 Å². The van der Waals surface area contributed by atoms with Gasteiger partial charge in [-0.05, 0) is 24.6 Å². The van der Waals surface area contributed by atoms with Crippen LogP contribution in [0.3, 0.4) is 0 Å².